The summed E-state index contributed by atoms with van der Waals surface area (Å²) in [7, 11) is 0. The molecule has 0 aromatic heterocycles. The van der Waals surface area contributed by atoms with Crippen LogP contribution in [0.2, 0.25) is 0 Å². The fraction of sp³-hybridized carbons (Fsp3) is 0.917. The van der Waals surface area contributed by atoms with Crippen molar-refractivity contribution in [2.45, 2.75) is 51.9 Å². The van der Waals surface area contributed by atoms with Crippen molar-refractivity contribution in [1.82, 2.24) is 9.80 Å². The molecule has 1 atom stereocenters. The molecule has 100 valence electrons. The Hall–Kier alpha value is -0.650. The van der Waals surface area contributed by atoms with Gasteiger partial charge in [-0.05, 0) is 34.6 Å². The van der Waals surface area contributed by atoms with Crippen LogP contribution in [-0.2, 0) is 4.79 Å². The maximum absolute atomic E-state index is 12.0. The van der Waals surface area contributed by atoms with Crippen LogP contribution in [0.3, 0.4) is 0 Å². The van der Waals surface area contributed by atoms with Crippen LogP contribution in [0.25, 0.3) is 0 Å². The average Bonchev–Trinajstić information content (AvgIpc) is 2.12. The van der Waals surface area contributed by atoms with E-state index in [1.54, 1.807) is 11.8 Å². The highest BCUT2D eigenvalue weighted by Crippen LogP contribution is 2.21. The Morgan fingerprint density at radius 2 is 1.71 bits per heavy atom. The Balaban J connectivity index is 2.68. The van der Waals surface area contributed by atoms with Gasteiger partial charge in [0.15, 0.2) is 0 Å². The third-order valence-electron chi connectivity index (χ3n) is 3.24. The Bertz CT molecular complexity index is 290. The largest absolute Gasteiger partial charge is 0.337 e. The van der Waals surface area contributed by atoms with Crippen LogP contribution in [0.4, 0.5) is 0 Å². The fourth-order valence-electron chi connectivity index (χ4n) is 2.48. The summed E-state index contributed by atoms with van der Waals surface area (Å²) in [6, 6.07) is 0.329. The summed E-state index contributed by atoms with van der Waals surface area (Å²) in [5.74, 6) is -0.169. The molecule has 5 heteroatoms. The van der Waals surface area contributed by atoms with Gasteiger partial charge >= 0.3 is 0 Å². The van der Waals surface area contributed by atoms with Gasteiger partial charge in [0.2, 0.25) is 0 Å². The highest BCUT2D eigenvalue weighted by Gasteiger charge is 2.36. The second kappa shape index (κ2) is 4.55. The van der Waals surface area contributed by atoms with Gasteiger partial charge in [-0.3, -0.25) is 9.69 Å². The SMILES string of the molecule is C[C@@H]1CN(C(=O)C(C)(N)N)CCN1C(C)(C)C. The van der Waals surface area contributed by atoms with Crippen LogP contribution in [-0.4, -0.2) is 52.6 Å². The number of carbonyl (C=O) groups excluding carboxylic acids is 1. The summed E-state index contributed by atoms with van der Waals surface area (Å²) in [5, 5.41) is 0. The highest BCUT2D eigenvalue weighted by atomic mass is 16.2. The van der Waals surface area contributed by atoms with Gasteiger partial charge in [-0.25, -0.2) is 0 Å². The van der Waals surface area contributed by atoms with Crippen LogP contribution in [0.15, 0.2) is 0 Å². The lowest BCUT2D eigenvalue weighted by Crippen LogP contribution is -2.65. The van der Waals surface area contributed by atoms with Gasteiger partial charge in [0.1, 0.15) is 5.66 Å². The lowest BCUT2D eigenvalue weighted by atomic mass is 10.0. The molecule has 1 aliphatic rings. The smallest absolute Gasteiger partial charge is 0.257 e. The van der Waals surface area contributed by atoms with Gasteiger partial charge in [0, 0.05) is 31.2 Å². The molecule has 1 fully saturated rings. The van der Waals surface area contributed by atoms with Gasteiger partial charge < -0.3 is 16.4 Å². The van der Waals surface area contributed by atoms with Crippen molar-refractivity contribution in [3.8, 4) is 0 Å². The number of hydrogen-bond donors (Lipinski definition) is 2. The maximum atomic E-state index is 12.0. The van der Waals surface area contributed by atoms with E-state index in [0.717, 1.165) is 6.54 Å². The minimum absolute atomic E-state index is 0.128. The second-order valence-corrected chi connectivity index (χ2v) is 6.25. The first-order chi connectivity index (χ1) is 7.53. The van der Waals surface area contributed by atoms with Crippen molar-refractivity contribution in [3.63, 3.8) is 0 Å². The van der Waals surface area contributed by atoms with Gasteiger partial charge in [0.25, 0.3) is 5.91 Å². The molecule has 0 aromatic rings. The Labute approximate surface area is 104 Å². The Morgan fingerprint density at radius 3 is 2.06 bits per heavy atom. The van der Waals surface area contributed by atoms with E-state index in [9.17, 15) is 4.79 Å². The van der Waals surface area contributed by atoms with E-state index in [2.05, 4.69) is 32.6 Å². The van der Waals surface area contributed by atoms with E-state index in [0.29, 0.717) is 19.1 Å². The fourth-order valence-corrected chi connectivity index (χ4v) is 2.48. The Morgan fingerprint density at radius 1 is 1.18 bits per heavy atom. The molecule has 0 radical (unpaired) electrons. The first kappa shape index (κ1) is 14.4. The summed E-state index contributed by atoms with van der Waals surface area (Å²) >= 11 is 0. The number of nitrogens with two attached hydrogens (primary N) is 2. The first-order valence-corrected chi connectivity index (χ1v) is 6.17. The third kappa shape index (κ3) is 3.40. The molecule has 4 N–H and O–H groups in total. The number of hydrogen-bond acceptors (Lipinski definition) is 4. The molecule has 1 saturated heterocycles. The van der Waals surface area contributed by atoms with Crippen molar-refractivity contribution in [2.24, 2.45) is 11.5 Å². The number of nitrogens with zero attached hydrogens (tertiary/aromatic N) is 2. The van der Waals surface area contributed by atoms with E-state index in [-0.39, 0.29) is 11.4 Å². The maximum Gasteiger partial charge on any atom is 0.257 e. The van der Waals surface area contributed by atoms with Crippen LogP contribution in [0.5, 0.6) is 0 Å². The summed E-state index contributed by atoms with van der Waals surface area (Å²) in [6.45, 7) is 12.5. The lowest BCUT2D eigenvalue weighted by Gasteiger charge is -2.47. The molecule has 5 nitrogen and oxygen atoms in total. The zero-order valence-corrected chi connectivity index (χ0v) is 11.7. The van der Waals surface area contributed by atoms with Crippen molar-refractivity contribution in [3.05, 3.63) is 0 Å². The van der Waals surface area contributed by atoms with Crippen molar-refractivity contribution >= 4 is 5.91 Å². The molecule has 1 heterocycles. The zero-order valence-electron chi connectivity index (χ0n) is 11.7. The minimum atomic E-state index is -1.26. The monoisotopic (exact) mass is 242 g/mol. The van der Waals surface area contributed by atoms with Gasteiger partial charge in [-0.1, -0.05) is 0 Å². The molecule has 0 aromatic carbocycles. The standard InChI is InChI=1S/C12H26N4O/c1-9-8-15(10(17)12(5,13)14)6-7-16(9)11(2,3)4/h9H,6-8,13-14H2,1-5H3/t9-/m1/s1. The van der Waals surface area contributed by atoms with E-state index < -0.39 is 5.66 Å². The number of piperazine rings is 1. The second-order valence-electron chi connectivity index (χ2n) is 6.25. The molecule has 0 unspecified atom stereocenters. The van der Waals surface area contributed by atoms with Gasteiger partial charge in [-0.2, -0.15) is 0 Å². The third-order valence-corrected chi connectivity index (χ3v) is 3.24. The van der Waals surface area contributed by atoms with E-state index in [1.807, 2.05) is 0 Å². The van der Waals surface area contributed by atoms with Gasteiger partial charge in [0.05, 0.1) is 0 Å². The zero-order chi connectivity index (χ0) is 13.4. The summed E-state index contributed by atoms with van der Waals surface area (Å²) < 4.78 is 0. The van der Waals surface area contributed by atoms with Crippen LogP contribution in [0.1, 0.15) is 34.6 Å². The molecular weight excluding hydrogens is 216 g/mol. The van der Waals surface area contributed by atoms with Crippen molar-refractivity contribution < 1.29 is 4.79 Å². The molecule has 1 rings (SSSR count). The van der Waals surface area contributed by atoms with E-state index in [1.165, 1.54) is 0 Å². The molecule has 0 saturated carbocycles. The molecule has 0 spiro atoms. The molecule has 17 heavy (non-hydrogen) atoms. The first-order valence-electron chi connectivity index (χ1n) is 6.17. The summed E-state index contributed by atoms with van der Waals surface area (Å²) in [6.07, 6.45) is 0. The molecule has 1 amide bonds. The normalized spacial score (nSPS) is 23.9. The van der Waals surface area contributed by atoms with Crippen LogP contribution < -0.4 is 11.5 Å². The molecule has 1 aliphatic heterocycles. The number of carbonyl (C=O) groups is 1. The highest BCUT2D eigenvalue weighted by molar-refractivity contribution is 5.85. The number of amides is 1. The summed E-state index contributed by atoms with van der Waals surface area (Å²) in [4.78, 5) is 16.2. The van der Waals surface area contributed by atoms with Crippen LogP contribution >= 0.6 is 0 Å². The van der Waals surface area contributed by atoms with Gasteiger partial charge in [-0.15, -0.1) is 0 Å². The van der Waals surface area contributed by atoms with Crippen molar-refractivity contribution in [1.29, 1.82) is 0 Å². The summed E-state index contributed by atoms with van der Waals surface area (Å²) in [5.41, 5.74) is 10.2. The predicted molar refractivity (Wildman–Crippen MR) is 69.3 cm³/mol. The Kier molecular flexibility index (Phi) is 3.86. The van der Waals surface area contributed by atoms with Crippen LogP contribution in [0, 0.1) is 0 Å². The topological polar surface area (TPSA) is 75.6 Å². The molecule has 0 aliphatic carbocycles. The van der Waals surface area contributed by atoms with E-state index >= 15 is 0 Å². The minimum Gasteiger partial charge on any atom is -0.337 e. The van der Waals surface area contributed by atoms with E-state index in [4.69, 9.17) is 11.5 Å². The lowest BCUT2D eigenvalue weighted by molar-refractivity contribution is -0.140. The number of rotatable bonds is 1. The average molecular weight is 242 g/mol. The molecular formula is C12H26N4O. The predicted octanol–water partition coefficient (Wildman–Crippen LogP) is -0.0488. The quantitative estimate of drug-likeness (QED) is 0.632. The van der Waals surface area contributed by atoms with Crippen molar-refractivity contribution in [2.75, 3.05) is 19.6 Å². The molecule has 0 bridgehead atoms.